The molecule has 0 amide bonds. The fourth-order valence-corrected chi connectivity index (χ4v) is 8.00. The Labute approximate surface area is 315 Å². The van der Waals surface area contributed by atoms with Gasteiger partial charge in [-0.25, -0.2) is 0 Å². The molecule has 0 spiro atoms. The second kappa shape index (κ2) is 13.8. The van der Waals surface area contributed by atoms with Gasteiger partial charge in [-0.3, -0.25) is 0 Å². The highest BCUT2D eigenvalue weighted by Crippen LogP contribution is 2.57. The van der Waals surface area contributed by atoms with Gasteiger partial charge in [-0.1, -0.05) is 148 Å². The highest BCUT2D eigenvalue weighted by Gasteiger charge is 2.33. The summed E-state index contributed by atoms with van der Waals surface area (Å²) in [6.45, 7) is 6.67. The van der Waals surface area contributed by atoms with E-state index in [1.807, 2.05) is 30.3 Å². The molecule has 1 aliphatic carbocycles. The normalized spacial score (nSPS) is 12.6. The van der Waals surface area contributed by atoms with Gasteiger partial charge in [0.15, 0.2) is 0 Å². The van der Waals surface area contributed by atoms with Gasteiger partial charge in [0, 0.05) is 0 Å². The van der Waals surface area contributed by atoms with Crippen LogP contribution in [0, 0.1) is 0 Å². The molecule has 1 nitrogen and oxygen atoms in total. The summed E-state index contributed by atoms with van der Waals surface area (Å²) in [5.41, 5.74) is 14.9. The summed E-state index contributed by atoms with van der Waals surface area (Å²) in [4.78, 5) is 0. The molecule has 0 N–H and O–H groups in total. The molecular weight excluding hydrogens is 674 g/mol. The molecule has 0 atom stereocenters. The van der Waals surface area contributed by atoms with Crippen LogP contribution in [-0.4, -0.2) is 7.11 Å². The van der Waals surface area contributed by atoms with Crippen molar-refractivity contribution in [3.05, 3.63) is 174 Å². The molecule has 0 aromatic heterocycles. The lowest BCUT2D eigenvalue weighted by molar-refractivity contribution is -0.137. The Morgan fingerprint density at radius 1 is 0.407 bits per heavy atom. The first-order valence-electron chi connectivity index (χ1n) is 18.4. The molecular formula is C50H41F3O. The topological polar surface area (TPSA) is 9.23 Å². The number of fused-ring (bicyclic) bond motifs is 5. The summed E-state index contributed by atoms with van der Waals surface area (Å²) in [7, 11) is 1.66. The van der Waals surface area contributed by atoms with Gasteiger partial charge in [-0.15, -0.1) is 0 Å². The summed E-state index contributed by atoms with van der Waals surface area (Å²) >= 11 is 0. The minimum atomic E-state index is -4.46. The van der Waals surface area contributed by atoms with Gasteiger partial charge in [0.2, 0.25) is 0 Å². The lowest BCUT2D eigenvalue weighted by Gasteiger charge is -2.31. The summed E-state index contributed by atoms with van der Waals surface area (Å²) in [6.07, 6.45) is -2.78. The van der Waals surface area contributed by atoms with Gasteiger partial charge in [-0.05, 0) is 126 Å². The zero-order valence-electron chi connectivity index (χ0n) is 30.9. The van der Waals surface area contributed by atoms with Crippen LogP contribution in [0.4, 0.5) is 13.2 Å². The molecule has 0 saturated heterocycles. The Balaban J connectivity index is 1.66. The Morgan fingerprint density at radius 2 is 0.778 bits per heavy atom. The van der Waals surface area contributed by atoms with Crippen LogP contribution in [0.1, 0.15) is 43.0 Å². The van der Waals surface area contributed by atoms with Crippen molar-refractivity contribution in [2.75, 3.05) is 7.11 Å². The fraction of sp³-hybridized carbons (Fsp3) is 0.160. The molecule has 7 aromatic rings. The third kappa shape index (κ3) is 6.40. The van der Waals surface area contributed by atoms with E-state index in [-0.39, 0.29) is 5.41 Å². The number of halogens is 3. The van der Waals surface area contributed by atoms with E-state index in [1.165, 1.54) is 28.8 Å². The third-order valence-corrected chi connectivity index (χ3v) is 10.7. The van der Waals surface area contributed by atoms with Crippen molar-refractivity contribution in [3.8, 4) is 72.5 Å². The smallest absolute Gasteiger partial charge is 0.416 e. The van der Waals surface area contributed by atoms with E-state index in [0.717, 1.165) is 85.4 Å². The number of hydrogen-bond acceptors (Lipinski definition) is 1. The zero-order chi connectivity index (χ0) is 37.6. The second-order valence-electron chi connectivity index (χ2n) is 15.1. The maximum absolute atomic E-state index is 14.1. The molecule has 54 heavy (non-hydrogen) atoms. The van der Waals surface area contributed by atoms with Crippen molar-refractivity contribution in [2.45, 2.75) is 45.2 Å². The molecule has 7 aromatic carbocycles. The van der Waals surface area contributed by atoms with Crippen molar-refractivity contribution in [3.63, 3.8) is 0 Å². The van der Waals surface area contributed by atoms with Crippen LogP contribution in [0.2, 0.25) is 0 Å². The van der Waals surface area contributed by atoms with E-state index in [1.54, 1.807) is 19.2 Å². The number of alkyl halides is 3. The summed E-state index contributed by atoms with van der Waals surface area (Å²) in [6, 6.07) is 50.3. The SMILES string of the molecule is COc1ccc(-c2c(-c3ccccc3)c(-c3ccc(C(F)(F)F)cc3)c3c(c2-c2ccc(C(C)(C)C)cc2)-c2ccccc2CCc2ccccc2-3)cc1. The second-order valence-corrected chi connectivity index (χ2v) is 15.1. The third-order valence-electron chi connectivity index (χ3n) is 10.7. The number of rotatable bonds is 5. The largest absolute Gasteiger partial charge is 0.497 e. The van der Waals surface area contributed by atoms with Crippen LogP contribution in [0.5, 0.6) is 5.75 Å². The predicted octanol–water partition coefficient (Wildman–Crippen LogP) is 14.1. The van der Waals surface area contributed by atoms with Gasteiger partial charge in [0.1, 0.15) is 5.75 Å². The zero-order valence-corrected chi connectivity index (χ0v) is 30.9. The molecule has 0 bridgehead atoms. The lowest BCUT2D eigenvalue weighted by Crippen LogP contribution is -2.11. The molecule has 0 radical (unpaired) electrons. The summed E-state index contributed by atoms with van der Waals surface area (Å²) in [5, 5.41) is 0. The van der Waals surface area contributed by atoms with Crippen LogP contribution in [0.3, 0.4) is 0 Å². The number of hydrogen-bond donors (Lipinski definition) is 0. The molecule has 268 valence electrons. The van der Waals surface area contributed by atoms with Gasteiger partial charge in [0.05, 0.1) is 12.7 Å². The van der Waals surface area contributed by atoms with Crippen LogP contribution in [-0.2, 0) is 24.4 Å². The maximum atomic E-state index is 14.1. The van der Waals surface area contributed by atoms with Crippen molar-refractivity contribution in [2.24, 2.45) is 0 Å². The highest BCUT2D eigenvalue weighted by molar-refractivity contribution is 6.15. The van der Waals surface area contributed by atoms with Gasteiger partial charge in [-0.2, -0.15) is 13.2 Å². The van der Waals surface area contributed by atoms with Crippen LogP contribution < -0.4 is 4.74 Å². The van der Waals surface area contributed by atoms with Crippen LogP contribution in [0.15, 0.2) is 152 Å². The molecule has 0 heterocycles. The van der Waals surface area contributed by atoms with E-state index < -0.39 is 11.7 Å². The van der Waals surface area contributed by atoms with Crippen LogP contribution >= 0.6 is 0 Å². The van der Waals surface area contributed by atoms with E-state index >= 15 is 0 Å². The predicted molar refractivity (Wildman–Crippen MR) is 217 cm³/mol. The first kappa shape index (κ1) is 35.2. The average molecular weight is 715 g/mol. The molecule has 4 heteroatoms. The first-order valence-corrected chi connectivity index (χ1v) is 18.4. The molecule has 0 saturated carbocycles. The Morgan fingerprint density at radius 3 is 1.20 bits per heavy atom. The molecule has 0 unspecified atom stereocenters. The first-order chi connectivity index (χ1) is 26.0. The Kier molecular flexibility index (Phi) is 9.01. The standard InChI is InChI=1S/C50H41F3O/c1-49(2,3)38-26-20-35(21-27-38)46-44(37-24-30-40(54-4)31-25-37)43(34-14-6-5-7-15-34)45(36-22-28-39(29-23-36)50(51,52)53)47-41-16-10-8-12-32(41)18-19-33-13-9-11-17-42(33)48(46)47/h5-17,20-31H,18-19H2,1-4H3. The monoisotopic (exact) mass is 714 g/mol. The van der Waals surface area contributed by atoms with E-state index in [4.69, 9.17) is 4.74 Å². The van der Waals surface area contributed by atoms with Gasteiger partial charge in [0.25, 0.3) is 0 Å². The van der Waals surface area contributed by atoms with Crippen molar-refractivity contribution < 1.29 is 17.9 Å². The van der Waals surface area contributed by atoms with Crippen molar-refractivity contribution >= 4 is 0 Å². The minimum Gasteiger partial charge on any atom is -0.497 e. The maximum Gasteiger partial charge on any atom is 0.416 e. The van der Waals surface area contributed by atoms with E-state index in [2.05, 4.69) is 118 Å². The average Bonchev–Trinajstić information content (AvgIpc) is 3.18. The number of methoxy groups -OCH3 is 1. The van der Waals surface area contributed by atoms with E-state index in [9.17, 15) is 13.2 Å². The summed E-state index contributed by atoms with van der Waals surface area (Å²) in [5.74, 6) is 0.740. The van der Waals surface area contributed by atoms with Gasteiger partial charge >= 0.3 is 6.18 Å². The van der Waals surface area contributed by atoms with Gasteiger partial charge < -0.3 is 4.74 Å². The van der Waals surface area contributed by atoms with Crippen LogP contribution in [0.25, 0.3) is 66.8 Å². The number of ether oxygens (including phenoxy) is 1. The minimum absolute atomic E-state index is 0.0423. The number of aryl methyl sites for hydroxylation is 2. The lowest BCUT2D eigenvalue weighted by atomic mass is 9.71. The van der Waals surface area contributed by atoms with E-state index in [0.29, 0.717) is 0 Å². The number of benzene rings is 7. The molecule has 0 fully saturated rings. The Bertz CT molecular complexity index is 2450. The molecule has 1 aliphatic rings. The molecule has 0 aliphatic heterocycles. The fourth-order valence-electron chi connectivity index (χ4n) is 8.00. The highest BCUT2D eigenvalue weighted by atomic mass is 19.4. The van der Waals surface area contributed by atoms with Crippen molar-refractivity contribution in [1.82, 2.24) is 0 Å². The molecule has 8 rings (SSSR count). The summed E-state index contributed by atoms with van der Waals surface area (Å²) < 4.78 is 47.9. The van der Waals surface area contributed by atoms with Crippen molar-refractivity contribution in [1.29, 1.82) is 0 Å². The quantitative estimate of drug-likeness (QED) is 0.172. The Hall–Kier alpha value is -5.87.